The Hall–Kier alpha value is -1.62. The summed E-state index contributed by atoms with van der Waals surface area (Å²) in [5.41, 5.74) is 0.374. The van der Waals surface area contributed by atoms with Crippen LogP contribution in [0, 0.1) is 0 Å². The Balaban J connectivity index is 2.76. The lowest BCUT2D eigenvalue weighted by molar-refractivity contribution is -0.131. The molecule has 1 aromatic rings. The average Bonchev–Trinajstić information content (AvgIpc) is 2.85. The maximum Gasteiger partial charge on any atom is 0.328 e. The minimum Gasteiger partial charge on any atom is -0.478 e. The van der Waals surface area contributed by atoms with Crippen LogP contribution in [0.5, 0.6) is 0 Å². The number of thiophene rings is 1. The van der Waals surface area contributed by atoms with E-state index in [9.17, 15) is 9.59 Å². The molecule has 1 rings (SSSR count). The Bertz CT molecular complexity index is 487. The molecule has 5 heteroatoms. The summed E-state index contributed by atoms with van der Waals surface area (Å²) in [6, 6.07) is 1.70. The van der Waals surface area contributed by atoms with Crippen molar-refractivity contribution in [2.45, 2.75) is 39.2 Å². The third-order valence-corrected chi connectivity index (χ3v) is 4.15. The van der Waals surface area contributed by atoms with Gasteiger partial charge in [0, 0.05) is 21.9 Å². The molecule has 1 amide bonds. The molecule has 1 heterocycles. The first-order chi connectivity index (χ1) is 8.90. The fraction of sp³-hybridized carbons (Fsp3) is 0.429. The van der Waals surface area contributed by atoms with Crippen molar-refractivity contribution in [1.29, 1.82) is 0 Å². The monoisotopic (exact) mass is 281 g/mol. The topological polar surface area (TPSA) is 66.4 Å². The zero-order chi connectivity index (χ0) is 14.5. The van der Waals surface area contributed by atoms with Gasteiger partial charge in [-0.1, -0.05) is 13.8 Å². The van der Waals surface area contributed by atoms with Gasteiger partial charge in [0.05, 0.1) is 5.56 Å². The molecule has 1 aromatic heterocycles. The van der Waals surface area contributed by atoms with E-state index in [0.29, 0.717) is 5.56 Å². The summed E-state index contributed by atoms with van der Waals surface area (Å²) in [6.07, 6.45) is 4.29. The van der Waals surface area contributed by atoms with Gasteiger partial charge in [0.25, 0.3) is 5.91 Å². The van der Waals surface area contributed by atoms with Crippen LogP contribution in [0.3, 0.4) is 0 Å². The molecule has 0 saturated carbocycles. The van der Waals surface area contributed by atoms with Crippen molar-refractivity contribution in [3.05, 3.63) is 28.0 Å². The zero-order valence-corrected chi connectivity index (χ0v) is 12.2. The van der Waals surface area contributed by atoms with Gasteiger partial charge in [0.1, 0.15) is 0 Å². The second-order valence-corrected chi connectivity index (χ2v) is 5.57. The Morgan fingerprint density at radius 1 is 1.42 bits per heavy atom. The summed E-state index contributed by atoms with van der Waals surface area (Å²) >= 11 is 1.35. The summed E-state index contributed by atoms with van der Waals surface area (Å²) in [5, 5.41) is 13.3. The SMILES string of the molecule is CCC(C)(CC)NC(=O)c1csc(/C=C/C(=O)O)c1. The lowest BCUT2D eigenvalue weighted by atomic mass is 9.95. The van der Waals surface area contributed by atoms with Crippen molar-refractivity contribution in [3.63, 3.8) is 0 Å². The molecule has 0 aromatic carbocycles. The van der Waals surface area contributed by atoms with Crippen molar-refractivity contribution >= 4 is 29.3 Å². The van der Waals surface area contributed by atoms with Crippen LogP contribution in [0.25, 0.3) is 6.08 Å². The number of nitrogens with one attached hydrogen (secondary N) is 1. The van der Waals surface area contributed by atoms with Crippen molar-refractivity contribution in [2.75, 3.05) is 0 Å². The zero-order valence-electron chi connectivity index (χ0n) is 11.4. The van der Waals surface area contributed by atoms with Crippen LogP contribution in [0.15, 0.2) is 17.5 Å². The highest BCUT2D eigenvalue weighted by atomic mass is 32.1. The molecule has 0 saturated heterocycles. The predicted octanol–water partition coefficient (Wildman–Crippen LogP) is 3.15. The van der Waals surface area contributed by atoms with E-state index in [0.717, 1.165) is 23.8 Å². The number of hydrogen-bond donors (Lipinski definition) is 2. The van der Waals surface area contributed by atoms with E-state index < -0.39 is 5.97 Å². The van der Waals surface area contributed by atoms with E-state index in [1.54, 1.807) is 11.4 Å². The lowest BCUT2D eigenvalue weighted by Crippen LogP contribution is -2.44. The van der Waals surface area contributed by atoms with Gasteiger partial charge < -0.3 is 10.4 Å². The molecule has 0 fully saturated rings. The first-order valence-electron chi connectivity index (χ1n) is 6.22. The molecule has 0 spiro atoms. The molecule has 104 valence electrons. The van der Waals surface area contributed by atoms with Crippen LogP contribution in [0.4, 0.5) is 0 Å². The highest BCUT2D eigenvalue weighted by Gasteiger charge is 2.22. The fourth-order valence-corrected chi connectivity index (χ4v) is 2.27. The van der Waals surface area contributed by atoms with Gasteiger partial charge >= 0.3 is 5.97 Å². The minimum absolute atomic E-state index is 0.113. The smallest absolute Gasteiger partial charge is 0.328 e. The normalized spacial score (nSPS) is 11.7. The molecule has 0 bridgehead atoms. The third-order valence-electron chi connectivity index (χ3n) is 3.25. The van der Waals surface area contributed by atoms with Crippen molar-refractivity contribution in [2.24, 2.45) is 0 Å². The number of aliphatic carboxylic acids is 1. The number of amides is 1. The third kappa shape index (κ3) is 4.52. The number of carboxylic acid groups (broad SMARTS) is 1. The van der Waals surface area contributed by atoms with E-state index in [1.807, 2.05) is 20.8 Å². The van der Waals surface area contributed by atoms with E-state index in [2.05, 4.69) is 5.32 Å². The Labute approximate surface area is 117 Å². The molecule has 0 aliphatic heterocycles. The van der Waals surface area contributed by atoms with Crippen LogP contribution in [-0.2, 0) is 4.79 Å². The van der Waals surface area contributed by atoms with E-state index in [-0.39, 0.29) is 11.4 Å². The molecular formula is C14H19NO3S. The number of carbonyl (C=O) groups is 2. The number of carboxylic acids is 1. The largest absolute Gasteiger partial charge is 0.478 e. The highest BCUT2D eigenvalue weighted by Crippen LogP contribution is 2.19. The van der Waals surface area contributed by atoms with Crippen LogP contribution < -0.4 is 5.32 Å². The van der Waals surface area contributed by atoms with Gasteiger partial charge in [-0.15, -0.1) is 11.3 Å². The number of carbonyl (C=O) groups excluding carboxylic acids is 1. The van der Waals surface area contributed by atoms with E-state index in [1.165, 1.54) is 17.4 Å². The van der Waals surface area contributed by atoms with Crippen LogP contribution in [-0.4, -0.2) is 22.5 Å². The molecule has 0 aliphatic rings. The number of hydrogen-bond acceptors (Lipinski definition) is 3. The fourth-order valence-electron chi connectivity index (χ4n) is 1.49. The second-order valence-electron chi connectivity index (χ2n) is 4.63. The van der Waals surface area contributed by atoms with Crippen LogP contribution in [0.2, 0.25) is 0 Å². The standard InChI is InChI=1S/C14H19NO3S/c1-4-14(3,5-2)15-13(18)10-8-11(19-9-10)6-7-12(16)17/h6-9H,4-5H2,1-3H3,(H,15,18)(H,16,17)/b7-6+. The molecule has 0 radical (unpaired) electrons. The van der Waals surface area contributed by atoms with Gasteiger partial charge in [-0.05, 0) is 31.9 Å². The molecule has 0 atom stereocenters. The summed E-state index contributed by atoms with van der Waals surface area (Å²) in [7, 11) is 0. The maximum atomic E-state index is 12.1. The molecule has 2 N–H and O–H groups in total. The van der Waals surface area contributed by atoms with Gasteiger partial charge in [-0.3, -0.25) is 4.79 Å². The Morgan fingerprint density at radius 3 is 2.58 bits per heavy atom. The van der Waals surface area contributed by atoms with Crippen LogP contribution in [0.1, 0.15) is 48.8 Å². The molecule has 0 unspecified atom stereocenters. The average molecular weight is 281 g/mol. The quantitative estimate of drug-likeness (QED) is 0.787. The Morgan fingerprint density at radius 2 is 2.05 bits per heavy atom. The first kappa shape index (κ1) is 15.4. The summed E-state index contributed by atoms with van der Waals surface area (Å²) < 4.78 is 0. The van der Waals surface area contributed by atoms with Gasteiger partial charge in [0.2, 0.25) is 0 Å². The Kier molecular flexibility index (Phi) is 5.30. The van der Waals surface area contributed by atoms with Gasteiger partial charge in [-0.25, -0.2) is 4.79 Å². The van der Waals surface area contributed by atoms with Crippen molar-refractivity contribution < 1.29 is 14.7 Å². The molecule has 19 heavy (non-hydrogen) atoms. The first-order valence-corrected chi connectivity index (χ1v) is 7.10. The van der Waals surface area contributed by atoms with Gasteiger partial charge in [0.15, 0.2) is 0 Å². The molecular weight excluding hydrogens is 262 g/mol. The predicted molar refractivity (Wildman–Crippen MR) is 77.4 cm³/mol. The van der Waals surface area contributed by atoms with Crippen LogP contribution >= 0.6 is 11.3 Å². The second kappa shape index (κ2) is 6.52. The number of rotatable bonds is 6. The molecule has 0 aliphatic carbocycles. The minimum atomic E-state index is -0.996. The maximum absolute atomic E-state index is 12.1. The van der Waals surface area contributed by atoms with E-state index >= 15 is 0 Å². The summed E-state index contributed by atoms with van der Waals surface area (Å²) in [4.78, 5) is 23.3. The van der Waals surface area contributed by atoms with E-state index in [4.69, 9.17) is 5.11 Å². The van der Waals surface area contributed by atoms with Crippen molar-refractivity contribution in [3.8, 4) is 0 Å². The lowest BCUT2D eigenvalue weighted by Gasteiger charge is -2.28. The van der Waals surface area contributed by atoms with Crippen molar-refractivity contribution in [1.82, 2.24) is 5.32 Å². The molecule has 4 nitrogen and oxygen atoms in total. The summed E-state index contributed by atoms with van der Waals surface area (Å²) in [6.45, 7) is 6.10. The summed E-state index contributed by atoms with van der Waals surface area (Å²) in [5.74, 6) is -1.11. The van der Waals surface area contributed by atoms with Gasteiger partial charge in [-0.2, -0.15) is 0 Å². The highest BCUT2D eigenvalue weighted by molar-refractivity contribution is 7.11.